The summed E-state index contributed by atoms with van der Waals surface area (Å²) in [5, 5.41) is 12.0. The van der Waals surface area contributed by atoms with Crippen molar-refractivity contribution in [3.8, 4) is 0 Å². The third-order valence-corrected chi connectivity index (χ3v) is 3.23. The van der Waals surface area contributed by atoms with E-state index >= 15 is 0 Å². The van der Waals surface area contributed by atoms with Gasteiger partial charge >= 0.3 is 5.97 Å². The van der Waals surface area contributed by atoms with Crippen LogP contribution in [0.4, 0.5) is 0 Å². The molecule has 0 saturated carbocycles. The number of carboxylic acid groups (broad SMARTS) is 1. The van der Waals surface area contributed by atoms with Crippen molar-refractivity contribution < 1.29 is 14.6 Å². The average molecular weight is 235 g/mol. The van der Waals surface area contributed by atoms with Crippen LogP contribution in [0.5, 0.6) is 0 Å². The molecule has 1 fully saturated rings. The second-order valence-corrected chi connectivity index (χ2v) is 4.62. The minimum Gasteiger partial charge on any atom is -0.480 e. The Bertz CT molecular complexity index is 406. The molecule has 3 unspecified atom stereocenters. The van der Waals surface area contributed by atoms with Crippen LogP contribution in [0.25, 0.3) is 0 Å². The normalized spacial score (nSPS) is 33.3. The van der Waals surface area contributed by atoms with Crippen LogP contribution in [-0.2, 0) is 15.1 Å². The van der Waals surface area contributed by atoms with E-state index in [1.165, 1.54) is 0 Å². The molecule has 0 aliphatic carbocycles. The Morgan fingerprint density at radius 3 is 2.65 bits per heavy atom. The number of hydrogen-bond acceptors (Lipinski definition) is 3. The van der Waals surface area contributed by atoms with Gasteiger partial charge in [-0.3, -0.25) is 10.1 Å². The molecule has 0 radical (unpaired) electrons. The fourth-order valence-electron chi connectivity index (χ4n) is 2.24. The number of aliphatic carboxylic acids is 1. The predicted octanol–water partition coefficient (Wildman–Crippen LogP) is 1.36. The summed E-state index contributed by atoms with van der Waals surface area (Å²) in [4.78, 5) is 11.0. The summed E-state index contributed by atoms with van der Waals surface area (Å²) < 4.78 is 5.89. The second kappa shape index (κ2) is 4.47. The van der Waals surface area contributed by atoms with Crippen LogP contribution in [0.1, 0.15) is 19.4 Å². The van der Waals surface area contributed by atoms with Gasteiger partial charge in [0.25, 0.3) is 0 Å². The molecule has 0 aromatic heterocycles. The molecular formula is C13H17NO3. The smallest absolute Gasteiger partial charge is 0.323 e. The maximum absolute atomic E-state index is 11.0. The summed E-state index contributed by atoms with van der Waals surface area (Å²) in [7, 11) is 0. The standard InChI is InChI=1S/C13H17NO3/c1-9-11(12(15)16)14-8-13(2,17-9)10-6-4-3-5-7-10/h3-7,9,11,14H,8H2,1-2H3,(H,15,16). The molecule has 1 aliphatic heterocycles. The first-order valence-corrected chi connectivity index (χ1v) is 5.72. The summed E-state index contributed by atoms with van der Waals surface area (Å²) in [6, 6.07) is 9.22. The highest BCUT2D eigenvalue weighted by Gasteiger charge is 2.40. The number of nitrogens with one attached hydrogen (secondary N) is 1. The zero-order valence-electron chi connectivity index (χ0n) is 10.0. The first kappa shape index (κ1) is 12.1. The first-order valence-electron chi connectivity index (χ1n) is 5.72. The van der Waals surface area contributed by atoms with Gasteiger partial charge in [-0.2, -0.15) is 0 Å². The highest BCUT2D eigenvalue weighted by molar-refractivity contribution is 5.74. The summed E-state index contributed by atoms with van der Waals surface area (Å²) >= 11 is 0. The van der Waals surface area contributed by atoms with Crippen LogP contribution >= 0.6 is 0 Å². The summed E-state index contributed by atoms with van der Waals surface area (Å²) in [6.45, 7) is 4.26. The third-order valence-electron chi connectivity index (χ3n) is 3.23. The Balaban J connectivity index is 2.18. The minimum absolute atomic E-state index is 0.355. The van der Waals surface area contributed by atoms with Crippen molar-refractivity contribution in [2.24, 2.45) is 0 Å². The van der Waals surface area contributed by atoms with Gasteiger partial charge in [0.1, 0.15) is 11.6 Å². The molecule has 2 rings (SSSR count). The summed E-state index contributed by atoms with van der Waals surface area (Å²) in [5.74, 6) is -0.868. The number of rotatable bonds is 2. The molecule has 17 heavy (non-hydrogen) atoms. The second-order valence-electron chi connectivity index (χ2n) is 4.62. The Hall–Kier alpha value is -1.39. The molecule has 1 saturated heterocycles. The van der Waals surface area contributed by atoms with Crippen molar-refractivity contribution >= 4 is 5.97 Å². The Morgan fingerprint density at radius 2 is 2.12 bits per heavy atom. The Labute approximate surface area is 101 Å². The van der Waals surface area contributed by atoms with Crippen molar-refractivity contribution in [3.05, 3.63) is 35.9 Å². The highest BCUT2D eigenvalue weighted by Crippen LogP contribution is 2.30. The molecule has 2 N–H and O–H groups in total. The lowest BCUT2D eigenvalue weighted by atomic mass is 9.92. The van der Waals surface area contributed by atoms with E-state index in [2.05, 4.69) is 5.32 Å². The quantitative estimate of drug-likeness (QED) is 0.812. The lowest BCUT2D eigenvalue weighted by Gasteiger charge is -2.41. The lowest BCUT2D eigenvalue weighted by molar-refractivity contribution is -0.160. The fraction of sp³-hybridized carbons (Fsp3) is 0.462. The predicted molar refractivity (Wildman–Crippen MR) is 63.8 cm³/mol. The van der Waals surface area contributed by atoms with E-state index < -0.39 is 17.6 Å². The van der Waals surface area contributed by atoms with Crippen LogP contribution in [-0.4, -0.2) is 29.8 Å². The maximum Gasteiger partial charge on any atom is 0.323 e. The minimum atomic E-state index is -0.868. The topological polar surface area (TPSA) is 58.6 Å². The molecule has 1 heterocycles. The van der Waals surface area contributed by atoms with Gasteiger partial charge in [0.15, 0.2) is 0 Å². The van der Waals surface area contributed by atoms with E-state index in [0.29, 0.717) is 6.54 Å². The Morgan fingerprint density at radius 1 is 1.47 bits per heavy atom. The van der Waals surface area contributed by atoms with Gasteiger partial charge in [-0.1, -0.05) is 30.3 Å². The van der Waals surface area contributed by atoms with Gasteiger partial charge in [0.05, 0.1) is 6.10 Å². The SMILES string of the molecule is CC1OC(C)(c2ccccc2)CNC1C(=O)O. The number of morpholine rings is 1. The molecule has 4 nitrogen and oxygen atoms in total. The number of carboxylic acids is 1. The number of carbonyl (C=O) groups is 1. The van der Waals surface area contributed by atoms with Crippen molar-refractivity contribution in [3.63, 3.8) is 0 Å². The van der Waals surface area contributed by atoms with E-state index in [-0.39, 0.29) is 6.10 Å². The molecule has 92 valence electrons. The van der Waals surface area contributed by atoms with Gasteiger partial charge in [0.2, 0.25) is 0 Å². The largest absolute Gasteiger partial charge is 0.480 e. The van der Waals surface area contributed by atoms with E-state index in [1.54, 1.807) is 6.92 Å². The van der Waals surface area contributed by atoms with Gasteiger partial charge in [-0.25, -0.2) is 0 Å². The van der Waals surface area contributed by atoms with Crippen LogP contribution in [0.2, 0.25) is 0 Å². The Kier molecular flexibility index (Phi) is 3.17. The molecule has 0 bridgehead atoms. The van der Waals surface area contributed by atoms with Crippen LogP contribution < -0.4 is 5.32 Å². The molecule has 4 heteroatoms. The zero-order chi connectivity index (χ0) is 12.5. The van der Waals surface area contributed by atoms with Crippen molar-refractivity contribution in [1.29, 1.82) is 0 Å². The number of hydrogen-bond donors (Lipinski definition) is 2. The summed E-state index contributed by atoms with van der Waals surface area (Å²) in [5.41, 5.74) is 0.593. The summed E-state index contributed by atoms with van der Waals surface area (Å²) in [6.07, 6.45) is -0.355. The average Bonchev–Trinajstić information content (AvgIpc) is 2.29. The van der Waals surface area contributed by atoms with Crippen LogP contribution in [0, 0.1) is 0 Å². The molecular weight excluding hydrogens is 218 g/mol. The van der Waals surface area contributed by atoms with E-state index in [4.69, 9.17) is 9.84 Å². The van der Waals surface area contributed by atoms with Gasteiger partial charge in [0, 0.05) is 6.54 Å². The van der Waals surface area contributed by atoms with E-state index in [1.807, 2.05) is 37.3 Å². The van der Waals surface area contributed by atoms with E-state index in [0.717, 1.165) is 5.56 Å². The molecule has 1 aromatic rings. The molecule has 1 aliphatic rings. The maximum atomic E-state index is 11.0. The first-order chi connectivity index (χ1) is 8.03. The highest BCUT2D eigenvalue weighted by atomic mass is 16.5. The monoisotopic (exact) mass is 235 g/mol. The van der Waals surface area contributed by atoms with Crippen molar-refractivity contribution in [2.45, 2.75) is 31.6 Å². The van der Waals surface area contributed by atoms with Gasteiger partial charge in [-0.05, 0) is 19.4 Å². The van der Waals surface area contributed by atoms with Crippen molar-refractivity contribution in [1.82, 2.24) is 5.32 Å². The van der Waals surface area contributed by atoms with Crippen LogP contribution in [0.3, 0.4) is 0 Å². The van der Waals surface area contributed by atoms with E-state index in [9.17, 15) is 4.79 Å². The number of benzene rings is 1. The number of ether oxygens (including phenoxy) is 1. The molecule has 3 atom stereocenters. The lowest BCUT2D eigenvalue weighted by Crippen LogP contribution is -2.58. The molecule has 0 spiro atoms. The zero-order valence-corrected chi connectivity index (χ0v) is 10.0. The van der Waals surface area contributed by atoms with Gasteiger partial charge < -0.3 is 9.84 Å². The van der Waals surface area contributed by atoms with Crippen molar-refractivity contribution in [2.75, 3.05) is 6.54 Å². The van der Waals surface area contributed by atoms with Crippen LogP contribution in [0.15, 0.2) is 30.3 Å². The third kappa shape index (κ3) is 2.33. The molecule has 1 aromatic carbocycles. The van der Waals surface area contributed by atoms with Gasteiger partial charge in [-0.15, -0.1) is 0 Å². The molecule has 0 amide bonds. The fourth-order valence-corrected chi connectivity index (χ4v) is 2.24.